The van der Waals surface area contributed by atoms with E-state index < -0.39 is 0 Å². The van der Waals surface area contributed by atoms with Gasteiger partial charge in [0.1, 0.15) is 5.75 Å². The van der Waals surface area contributed by atoms with Gasteiger partial charge in [0.15, 0.2) is 6.61 Å². The number of carbonyl (C=O) groups excluding carboxylic acids is 1. The quantitative estimate of drug-likeness (QED) is 0.674. The van der Waals surface area contributed by atoms with Crippen LogP contribution in [-0.2, 0) is 4.79 Å². The van der Waals surface area contributed by atoms with Crippen LogP contribution in [0.4, 0.5) is 0 Å². The fourth-order valence-corrected chi connectivity index (χ4v) is 2.29. The van der Waals surface area contributed by atoms with Crippen molar-refractivity contribution in [2.75, 3.05) is 19.7 Å². The van der Waals surface area contributed by atoms with Gasteiger partial charge < -0.3 is 9.64 Å². The summed E-state index contributed by atoms with van der Waals surface area (Å²) in [5.74, 6) is 0.782. The number of hydrogen-bond donors (Lipinski definition) is 0. The van der Waals surface area contributed by atoms with E-state index in [1.165, 1.54) is 0 Å². The summed E-state index contributed by atoms with van der Waals surface area (Å²) in [6.07, 6.45) is 4.25. The number of rotatable bonds is 9. The van der Waals surface area contributed by atoms with Crippen molar-refractivity contribution < 1.29 is 9.53 Å². The number of carbonyl (C=O) groups is 1. The number of benzene rings is 1. The highest BCUT2D eigenvalue weighted by Crippen LogP contribution is 2.21. The van der Waals surface area contributed by atoms with Crippen LogP contribution in [-0.4, -0.2) is 30.5 Å². The lowest BCUT2D eigenvalue weighted by Gasteiger charge is -2.22. The van der Waals surface area contributed by atoms with Gasteiger partial charge in [-0.05, 0) is 43.5 Å². The SMILES string of the molecule is CCCCN(CCCC)C(=O)COc1ccc(Cl)cc1C. The maximum Gasteiger partial charge on any atom is 0.260 e. The average Bonchev–Trinajstić information content (AvgIpc) is 2.46. The first-order valence-corrected chi connectivity index (χ1v) is 8.13. The van der Waals surface area contributed by atoms with Crippen LogP contribution in [0.3, 0.4) is 0 Å². The number of unbranched alkanes of at least 4 members (excludes halogenated alkanes) is 2. The summed E-state index contributed by atoms with van der Waals surface area (Å²) in [4.78, 5) is 14.2. The van der Waals surface area contributed by atoms with Crippen LogP contribution in [0.1, 0.15) is 45.1 Å². The molecule has 0 aromatic heterocycles. The molecule has 0 bridgehead atoms. The van der Waals surface area contributed by atoms with E-state index in [1.54, 1.807) is 6.07 Å². The van der Waals surface area contributed by atoms with Gasteiger partial charge in [0, 0.05) is 18.1 Å². The lowest BCUT2D eigenvalue weighted by molar-refractivity contribution is -0.133. The molecule has 0 spiro atoms. The van der Waals surface area contributed by atoms with E-state index in [1.807, 2.05) is 24.0 Å². The summed E-state index contributed by atoms with van der Waals surface area (Å²) in [5, 5.41) is 0.679. The Hall–Kier alpha value is -1.22. The van der Waals surface area contributed by atoms with Crippen molar-refractivity contribution in [1.82, 2.24) is 4.90 Å². The highest BCUT2D eigenvalue weighted by atomic mass is 35.5. The number of amides is 1. The van der Waals surface area contributed by atoms with Gasteiger partial charge in [-0.25, -0.2) is 0 Å². The molecule has 0 fully saturated rings. The zero-order valence-corrected chi connectivity index (χ0v) is 14.1. The summed E-state index contributed by atoms with van der Waals surface area (Å²) < 4.78 is 5.64. The molecule has 0 aliphatic carbocycles. The second-order valence-electron chi connectivity index (χ2n) is 5.29. The Kier molecular flexibility index (Phi) is 8.21. The predicted molar refractivity (Wildman–Crippen MR) is 88.1 cm³/mol. The van der Waals surface area contributed by atoms with E-state index in [2.05, 4.69) is 13.8 Å². The molecule has 0 unspecified atom stereocenters. The van der Waals surface area contributed by atoms with Gasteiger partial charge in [-0.3, -0.25) is 4.79 Å². The molecule has 0 heterocycles. The van der Waals surface area contributed by atoms with Crippen molar-refractivity contribution >= 4 is 17.5 Å². The van der Waals surface area contributed by atoms with Crippen LogP contribution >= 0.6 is 11.6 Å². The fourth-order valence-electron chi connectivity index (χ4n) is 2.06. The third-order valence-corrected chi connectivity index (χ3v) is 3.64. The van der Waals surface area contributed by atoms with Gasteiger partial charge in [0.2, 0.25) is 0 Å². The first-order valence-electron chi connectivity index (χ1n) is 7.75. The second kappa shape index (κ2) is 9.67. The second-order valence-corrected chi connectivity index (χ2v) is 5.72. The van der Waals surface area contributed by atoms with Crippen LogP contribution in [0.15, 0.2) is 18.2 Å². The highest BCUT2D eigenvalue weighted by Gasteiger charge is 2.13. The van der Waals surface area contributed by atoms with Gasteiger partial charge in [0.25, 0.3) is 5.91 Å². The Morgan fingerprint density at radius 3 is 2.33 bits per heavy atom. The first kappa shape index (κ1) is 17.8. The topological polar surface area (TPSA) is 29.5 Å². The summed E-state index contributed by atoms with van der Waals surface area (Å²) >= 11 is 5.91. The predicted octanol–water partition coefficient (Wildman–Crippen LogP) is 4.46. The van der Waals surface area contributed by atoms with Gasteiger partial charge in [-0.2, -0.15) is 0 Å². The van der Waals surface area contributed by atoms with Crippen LogP contribution in [0.2, 0.25) is 5.02 Å². The summed E-state index contributed by atoms with van der Waals surface area (Å²) in [7, 11) is 0. The van der Waals surface area contributed by atoms with E-state index in [0.29, 0.717) is 5.02 Å². The molecular weight excluding hydrogens is 286 g/mol. The largest absolute Gasteiger partial charge is 0.483 e. The minimum atomic E-state index is 0.0613. The molecule has 21 heavy (non-hydrogen) atoms. The van der Waals surface area contributed by atoms with Gasteiger partial charge >= 0.3 is 0 Å². The maximum absolute atomic E-state index is 12.3. The lowest BCUT2D eigenvalue weighted by atomic mass is 10.2. The standard InChI is InChI=1S/C17H26ClNO2/c1-4-6-10-19(11-7-5-2)17(20)13-21-16-9-8-15(18)12-14(16)3/h8-9,12H,4-7,10-11,13H2,1-3H3. The lowest BCUT2D eigenvalue weighted by Crippen LogP contribution is -2.36. The van der Waals surface area contributed by atoms with Gasteiger partial charge in [-0.15, -0.1) is 0 Å². The average molecular weight is 312 g/mol. The molecule has 1 aromatic rings. The summed E-state index contributed by atoms with van der Waals surface area (Å²) in [5.41, 5.74) is 0.948. The number of nitrogens with zero attached hydrogens (tertiary/aromatic N) is 1. The molecule has 1 amide bonds. The summed E-state index contributed by atoms with van der Waals surface area (Å²) in [6.45, 7) is 7.93. The molecule has 0 aliphatic heterocycles. The van der Waals surface area contributed by atoms with Crippen LogP contribution in [0, 0.1) is 6.92 Å². The van der Waals surface area contributed by atoms with E-state index in [4.69, 9.17) is 16.3 Å². The number of aryl methyl sites for hydroxylation is 1. The molecule has 118 valence electrons. The number of ether oxygens (including phenoxy) is 1. The molecule has 0 atom stereocenters. The van der Waals surface area contributed by atoms with Crippen molar-refractivity contribution in [3.63, 3.8) is 0 Å². The monoisotopic (exact) mass is 311 g/mol. The molecule has 4 heteroatoms. The van der Waals surface area contributed by atoms with Crippen LogP contribution in [0.25, 0.3) is 0 Å². The number of halogens is 1. The molecule has 0 saturated carbocycles. The Balaban J connectivity index is 2.55. The van der Waals surface area contributed by atoms with Gasteiger partial charge in [0.05, 0.1) is 0 Å². The van der Waals surface area contributed by atoms with E-state index in [0.717, 1.165) is 50.1 Å². The molecule has 3 nitrogen and oxygen atoms in total. The minimum absolute atomic E-state index is 0.0613. The van der Waals surface area contributed by atoms with E-state index >= 15 is 0 Å². The third kappa shape index (κ3) is 6.38. The number of hydrogen-bond acceptors (Lipinski definition) is 2. The third-order valence-electron chi connectivity index (χ3n) is 3.40. The smallest absolute Gasteiger partial charge is 0.260 e. The molecule has 0 aliphatic rings. The zero-order valence-electron chi connectivity index (χ0n) is 13.3. The Bertz CT molecular complexity index is 440. The molecular formula is C17H26ClNO2. The minimum Gasteiger partial charge on any atom is -0.483 e. The summed E-state index contributed by atoms with van der Waals surface area (Å²) in [6, 6.07) is 5.43. The Labute approximate surface area is 133 Å². The first-order chi connectivity index (χ1) is 10.1. The van der Waals surface area contributed by atoms with E-state index in [-0.39, 0.29) is 12.5 Å². The molecule has 1 rings (SSSR count). The fraction of sp³-hybridized carbons (Fsp3) is 0.588. The van der Waals surface area contributed by atoms with Crippen molar-refractivity contribution in [2.45, 2.75) is 46.5 Å². The molecule has 1 aromatic carbocycles. The normalized spacial score (nSPS) is 10.5. The van der Waals surface area contributed by atoms with Crippen molar-refractivity contribution in [3.05, 3.63) is 28.8 Å². The van der Waals surface area contributed by atoms with Crippen LogP contribution < -0.4 is 4.74 Å². The Morgan fingerprint density at radius 1 is 1.19 bits per heavy atom. The van der Waals surface area contributed by atoms with Crippen LogP contribution in [0.5, 0.6) is 5.75 Å². The molecule has 0 radical (unpaired) electrons. The zero-order chi connectivity index (χ0) is 15.7. The highest BCUT2D eigenvalue weighted by molar-refractivity contribution is 6.30. The molecule has 0 saturated heterocycles. The molecule has 0 N–H and O–H groups in total. The van der Waals surface area contributed by atoms with Crippen molar-refractivity contribution in [1.29, 1.82) is 0 Å². The van der Waals surface area contributed by atoms with E-state index in [9.17, 15) is 4.79 Å². The van der Waals surface area contributed by atoms with Crippen molar-refractivity contribution in [2.24, 2.45) is 0 Å². The maximum atomic E-state index is 12.3. The Morgan fingerprint density at radius 2 is 1.81 bits per heavy atom. The van der Waals surface area contributed by atoms with Gasteiger partial charge in [-0.1, -0.05) is 38.3 Å². The van der Waals surface area contributed by atoms with Crippen molar-refractivity contribution in [3.8, 4) is 5.75 Å².